The summed E-state index contributed by atoms with van der Waals surface area (Å²) in [6.07, 6.45) is 0. The van der Waals surface area contributed by atoms with E-state index in [1.807, 2.05) is 0 Å². The quantitative estimate of drug-likeness (QED) is 0.626. The Bertz CT molecular complexity index is 1130. The summed E-state index contributed by atoms with van der Waals surface area (Å²) in [6.45, 7) is 0.328. The van der Waals surface area contributed by atoms with Gasteiger partial charge in [0.05, 0.1) is 0 Å². The highest BCUT2D eigenvalue weighted by atomic mass is 16.7. The summed E-state index contributed by atoms with van der Waals surface area (Å²) < 4.78 is 21.4. The number of hydrogen-bond donors (Lipinski definition) is 0. The van der Waals surface area contributed by atoms with E-state index in [1.54, 1.807) is 74.8 Å². The fourth-order valence-corrected chi connectivity index (χ4v) is 3.59. The summed E-state index contributed by atoms with van der Waals surface area (Å²) in [4.78, 5) is 29.2. The van der Waals surface area contributed by atoms with Crippen LogP contribution in [0.3, 0.4) is 0 Å². The average molecular weight is 432 g/mol. The van der Waals surface area contributed by atoms with Crippen LogP contribution in [0, 0.1) is 0 Å². The molecular weight excluding hydrogens is 412 g/mol. The number of benzene rings is 3. The van der Waals surface area contributed by atoms with E-state index in [1.165, 1.54) is 9.80 Å². The summed E-state index contributed by atoms with van der Waals surface area (Å²) >= 11 is 0. The predicted octanol–water partition coefficient (Wildman–Crippen LogP) is 3.70. The fourth-order valence-electron chi connectivity index (χ4n) is 3.59. The van der Waals surface area contributed by atoms with Crippen LogP contribution in [0.2, 0.25) is 0 Å². The van der Waals surface area contributed by atoms with Crippen LogP contribution in [0.5, 0.6) is 23.0 Å². The lowest BCUT2D eigenvalue weighted by Gasteiger charge is -2.20. The first kappa shape index (κ1) is 19.7. The molecule has 0 saturated heterocycles. The minimum atomic E-state index is -0.246. The summed E-state index contributed by atoms with van der Waals surface area (Å²) in [5.41, 5.74) is 2.12. The van der Waals surface area contributed by atoms with Gasteiger partial charge in [0.15, 0.2) is 23.0 Å². The van der Waals surface area contributed by atoms with Crippen molar-refractivity contribution in [1.29, 1.82) is 0 Å². The maximum absolute atomic E-state index is 13.1. The molecule has 0 bridgehead atoms. The van der Waals surface area contributed by atoms with Gasteiger partial charge in [-0.25, -0.2) is 0 Å². The van der Waals surface area contributed by atoms with Crippen LogP contribution in [-0.2, 0) is 0 Å². The topological polar surface area (TPSA) is 77.5 Å². The number of nitrogens with zero attached hydrogens (tertiary/aromatic N) is 2. The van der Waals surface area contributed by atoms with Gasteiger partial charge in [-0.2, -0.15) is 0 Å². The zero-order valence-electron chi connectivity index (χ0n) is 17.5. The van der Waals surface area contributed by atoms with Crippen molar-refractivity contribution in [3.05, 3.63) is 71.8 Å². The summed E-state index contributed by atoms with van der Waals surface area (Å²) in [5, 5.41) is 0. The molecule has 8 heteroatoms. The van der Waals surface area contributed by atoms with E-state index in [0.717, 1.165) is 0 Å². The van der Waals surface area contributed by atoms with Gasteiger partial charge >= 0.3 is 0 Å². The number of ether oxygens (including phenoxy) is 4. The van der Waals surface area contributed by atoms with Gasteiger partial charge in [-0.15, -0.1) is 0 Å². The number of carbonyl (C=O) groups is 2. The molecule has 0 fully saturated rings. The minimum Gasteiger partial charge on any atom is -0.454 e. The van der Waals surface area contributed by atoms with Crippen LogP contribution in [0.25, 0.3) is 0 Å². The molecule has 8 nitrogen and oxygen atoms in total. The minimum absolute atomic E-state index is 0.164. The smallest absolute Gasteiger partial charge is 0.258 e. The van der Waals surface area contributed by atoms with Gasteiger partial charge in [-0.3, -0.25) is 9.59 Å². The van der Waals surface area contributed by atoms with Crippen molar-refractivity contribution in [2.24, 2.45) is 0 Å². The molecule has 0 atom stereocenters. The van der Waals surface area contributed by atoms with Crippen LogP contribution in [-0.4, -0.2) is 39.5 Å². The SMILES string of the molecule is CN(C(=O)c1cccc(C(=O)N(C)c2ccc3c(c2)OCO3)c1)c1ccc2c(c1)OCO2. The van der Waals surface area contributed by atoms with E-state index >= 15 is 0 Å². The van der Waals surface area contributed by atoms with E-state index in [0.29, 0.717) is 45.5 Å². The van der Waals surface area contributed by atoms with Crippen LogP contribution in [0.15, 0.2) is 60.7 Å². The van der Waals surface area contributed by atoms with Gasteiger partial charge in [0, 0.05) is 48.7 Å². The van der Waals surface area contributed by atoms with Gasteiger partial charge in [-0.05, 0) is 42.5 Å². The highest BCUT2D eigenvalue weighted by molar-refractivity contribution is 6.10. The number of carbonyl (C=O) groups excluding carboxylic acids is 2. The van der Waals surface area contributed by atoms with Gasteiger partial charge in [0.1, 0.15) is 0 Å². The Kier molecular flexibility index (Phi) is 4.82. The molecule has 0 spiro atoms. The molecule has 2 aliphatic rings. The Hall–Kier alpha value is -4.20. The second kappa shape index (κ2) is 7.81. The molecule has 162 valence electrons. The Morgan fingerprint density at radius 1 is 0.625 bits per heavy atom. The number of anilines is 2. The van der Waals surface area contributed by atoms with Crippen molar-refractivity contribution in [2.45, 2.75) is 0 Å². The molecule has 0 saturated carbocycles. The second-order valence-electron chi connectivity index (χ2n) is 7.38. The monoisotopic (exact) mass is 432 g/mol. The third kappa shape index (κ3) is 3.45. The molecule has 2 heterocycles. The summed E-state index contributed by atoms with van der Waals surface area (Å²) in [5.74, 6) is 1.99. The molecule has 2 amide bonds. The molecule has 2 aliphatic heterocycles. The Labute approximate surface area is 184 Å². The first-order valence-electron chi connectivity index (χ1n) is 9.97. The molecule has 0 unspecified atom stereocenters. The molecule has 0 aromatic heterocycles. The normalized spacial score (nSPS) is 13.1. The van der Waals surface area contributed by atoms with Crippen LogP contribution in [0.1, 0.15) is 20.7 Å². The number of rotatable bonds is 4. The van der Waals surface area contributed by atoms with Crippen molar-refractivity contribution >= 4 is 23.2 Å². The molecule has 0 N–H and O–H groups in total. The zero-order chi connectivity index (χ0) is 22.2. The highest BCUT2D eigenvalue weighted by Crippen LogP contribution is 2.36. The van der Waals surface area contributed by atoms with Crippen molar-refractivity contribution in [3.8, 4) is 23.0 Å². The third-order valence-electron chi connectivity index (χ3n) is 5.45. The highest BCUT2D eigenvalue weighted by Gasteiger charge is 2.22. The maximum atomic E-state index is 13.1. The van der Waals surface area contributed by atoms with Gasteiger partial charge in [0.2, 0.25) is 13.6 Å². The van der Waals surface area contributed by atoms with E-state index in [9.17, 15) is 9.59 Å². The molecule has 0 aliphatic carbocycles. The Morgan fingerprint density at radius 3 is 1.53 bits per heavy atom. The predicted molar refractivity (Wildman–Crippen MR) is 117 cm³/mol. The Morgan fingerprint density at radius 2 is 1.06 bits per heavy atom. The van der Waals surface area contributed by atoms with Gasteiger partial charge in [-0.1, -0.05) is 6.07 Å². The van der Waals surface area contributed by atoms with Crippen LogP contribution < -0.4 is 28.7 Å². The Balaban J connectivity index is 1.36. The number of fused-ring (bicyclic) bond motifs is 2. The van der Waals surface area contributed by atoms with Gasteiger partial charge < -0.3 is 28.7 Å². The molecule has 3 aromatic rings. The number of hydrogen-bond acceptors (Lipinski definition) is 6. The molecule has 0 radical (unpaired) electrons. The van der Waals surface area contributed by atoms with Crippen molar-refractivity contribution in [2.75, 3.05) is 37.5 Å². The lowest BCUT2D eigenvalue weighted by Crippen LogP contribution is -2.28. The van der Waals surface area contributed by atoms with Crippen molar-refractivity contribution < 1.29 is 28.5 Å². The average Bonchev–Trinajstić information content (AvgIpc) is 3.50. The van der Waals surface area contributed by atoms with Crippen LogP contribution >= 0.6 is 0 Å². The second-order valence-corrected chi connectivity index (χ2v) is 7.38. The zero-order valence-corrected chi connectivity index (χ0v) is 17.5. The number of amides is 2. The third-order valence-corrected chi connectivity index (χ3v) is 5.45. The van der Waals surface area contributed by atoms with E-state index < -0.39 is 0 Å². The van der Waals surface area contributed by atoms with E-state index in [2.05, 4.69) is 0 Å². The molecule has 3 aromatic carbocycles. The van der Waals surface area contributed by atoms with Crippen molar-refractivity contribution in [1.82, 2.24) is 0 Å². The summed E-state index contributed by atoms with van der Waals surface area (Å²) in [6, 6.07) is 17.3. The van der Waals surface area contributed by atoms with E-state index in [4.69, 9.17) is 18.9 Å². The molecule has 32 heavy (non-hydrogen) atoms. The molecular formula is C24H20N2O6. The first-order chi connectivity index (χ1) is 15.5. The first-order valence-corrected chi connectivity index (χ1v) is 9.97. The molecule has 5 rings (SSSR count). The lowest BCUT2D eigenvalue weighted by atomic mass is 10.1. The maximum Gasteiger partial charge on any atom is 0.258 e. The van der Waals surface area contributed by atoms with Crippen LogP contribution in [0.4, 0.5) is 11.4 Å². The standard InChI is InChI=1S/C24H20N2O6/c1-25(17-6-8-19-21(11-17)31-13-29-19)23(27)15-4-3-5-16(10-15)24(28)26(2)18-7-9-20-22(12-18)32-14-30-20/h3-12H,13-14H2,1-2H3. The van der Waals surface area contributed by atoms with Crippen molar-refractivity contribution in [3.63, 3.8) is 0 Å². The lowest BCUT2D eigenvalue weighted by molar-refractivity contribution is 0.0992. The van der Waals surface area contributed by atoms with E-state index in [-0.39, 0.29) is 25.4 Å². The fraction of sp³-hybridized carbons (Fsp3) is 0.167. The van der Waals surface area contributed by atoms with Gasteiger partial charge in [0.25, 0.3) is 11.8 Å². The largest absolute Gasteiger partial charge is 0.454 e. The summed E-state index contributed by atoms with van der Waals surface area (Å²) in [7, 11) is 3.35.